The van der Waals surface area contributed by atoms with Crippen LogP contribution in [-0.4, -0.2) is 81.2 Å². The zero-order valence-corrected chi connectivity index (χ0v) is 17.6. The third kappa shape index (κ3) is 6.69. The number of aliphatic hydroxyl groups excluding tert-OH is 3. The molecule has 0 spiro atoms. The lowest BCUT2D eigenvalue weighted by atomic mass is 9.95. The van der Waals surface area contributed by atoms with Crippen LogP contribution in [0.2, 0.25) is 0 Å². The van der Waals surface area contributed by atoms with Crippen LogP contribution in [0.5, 0.6) is 11.5 Å². The molecule has 1 fully saturated rings. The number of hydrogen-bond acceptors (Lipinski definition) is 9. The van der Waals surface area contributed by atoms with Crippen molar-refractivity contribution in [2.75, 3.05) is 13.2 Å². The molecule has 10 nitrogen and oxygen atoms in total. The molecule has 5 atom stereocenters. The highest BCUT2D eigenvalue weighted by Crippen LogP contribution is 2.26. The first-order valence-corrected chi connectivity index (χ1v) is 10.1. The van der Waals surface area contributed by atoms with E-state index in [0.29, 0.717) is 5.75 Å². The van der Waals surface area contributed by atoms with Gasteiger partial charge in [-0.3, -0.25) is 0 Å². The summed E-state index contributed by atoms with van der Waals surface area (Å²) < 4.78 is 34.9. The molecule has 0 radical (unpaired) electrons. The van der Waals surface area contributed by atoms with E-state index in [-0.39, 0.29) is 31.7 Å². The number of phenolic OH excluding ortho intramolecular Hbond substituents is 1. The van der Waals surface area contributed by atoms with Gasteiger partial charge < -0.3 is 46.5 Å². The lowest BCUT2D eigenvalue weighted by Gasteiger charge is -2.34. The number of aliphatic carboxylic acids is 1. The van der Waals surface area contributed by atoms with Crippen LogP contribution in [0.4, 0.5) is 8.78 Å². The van der Waals surface area contributed by atoms with Gasteiger partial charge in [0.05, 0.1) is 6.61 Å². The number of nitrogens with two attached hydrogens (primary N) is 2. The molecule has 0 saturated carbocycles. The number of carboxylic acids is 1. The second kappa shape index (κ2) is 11.5. The summed E-state index contributed by atoms with van der Waals surface area (Å²) in [5, 5.41) is 48.3. The smallest absolute Gasteiger partial charge is 0.329 e. The maximum atomic E-state index is 12.1. The number of halogens is 2. The Labute approximate surface area is 187 Å². The number of carbonyl (C=O) groups is 1. The van der Waals surface area contributed by atoms with Gasteiger partial charge in [-0.15, -0.1) is 0 Å². The van der Waals surface area contributed by atoms with Crippen LogP contribution in [-0.2, 0) is 9.53 Å². The molecule has 3 rings (SSSR count). The molecule has 1 unspecified atom stereocenters. The molecule has 12 heteroatoms. The van der Waals surface area contributed by atoms with Gasteiger partial charge in [0, 0.05) is 0 Å². The van der Waals surface area contributed by atoms with E-state index < -0.39 is 42.5 Å². The number of fused-ring (bicyclic) bond motifs is 1. The maximum absolute atomic E-state index is 12.1. The number of phenols is 1. The van der Waals surface area contributed by atoms with E-state index in [0.717, 1.165) is 10.8 Å². The fraction of sp³-hybridized carbons (Fsp3) is 0.476. The van der Waals surface area contributed by atoms with Crippen LogP contribution in [0.1, 0.15) is 12.8 Å². The van der Waals surface area contributed by atoms with Gasteiger partial charge >= 0.3 is 5.97 Å². The number of carboxylic acid groups (broad SMARTS) is 1. The lowest BCUT2D eigenvalue weighted by Crippen LogP contribution is -2.54. The standard InChI is InChI=1S/C15H16O6.C6H12F2N2O2/c16-10-3-1-9-6-11(4-2-8(9)5-10)21-15-14(19)13(18)12(17)7-20-15;7-4(8)6(10,5(11)12)2-1-3-9/h1-6,12-19H,7H2;4H,1-3,9-10H2,(H,11,12)/t12-,13+,14-,15+;/m1./s1. The van der Waals surface area contributed by atoms with Crippen LogP contribution >= 0.6 is 0 Å². The van der Waals surface area contributed by atoms with E-state index in [4.69, 9.17) is 26.0 Å². The molecule has 2 aromatic rings. The van der Waals surface area contributed by atoms with E-state index in [1.807, 2.05) is 0 Å². The summed E-state index contributed by atoms with van der Waals surface area (Å²) in [6, 6.07) is 10.1. The topological polar surface area (TPSA) is 189 Å². The summed E-state index contributed by atoms with van der Waals surface area (Å²) in [6.45, 7) is 0.0449. The average molecular weight is 474 g/mol. The molecule has 1 aliphatic rings. The van der Waals surface area contributed by atoms with Gasteiger partial charge in [-0.2, -0.15) is 0 Å². The molecular formula is C21H28F2N2O8. The lowest BCUT2D eigenvalue weighted by molar-refractivity contribution is -0.242. The van der Waals surface area contributed by atoms with Crippen molar-refractivity contribution in [3.63, 3.8) is 0 Å². The van der Waals surface area contributed by atoms with Crippen molar-refractivity contribution in [2.45, 2.75) is 49.4 Å². The van der Waals surface area contributed by atoms with Gasteiger partial charge in [0.15, 0.2) is 5.54 Å². The van der Waals surface area contributed by atoms with Crippen LogP contribution in [0, 0.1) is 0 Å². The molecule has 9 N–H and O–H groups in total. The summed E-state index contributed by atoms with van der Waals surface area (Å²) in [5.74, 6) is -1.05. The summed E-state index contributed by atoms with van der Waals surface area (Å²) in [7, 11) is 0. The van der Waals surface area contributed by atoms with Gasteiger partial charge in [0.25, 0.3) is 6.43 Å². The second-order valence-electron chi connectivity index (χ2n) is 7.60. The third-order valence-electron chi connectivity index (χ3n) is 5.08. The van der Waals surface area contributed by atoms with Crippen LogP contribution < -0.4 is 16.2 Å². The minimum absolute atomic E-state index is 0.107. The molecular weight excluding hydrogens is 446 g/mol. The van der Waals surface area contributed by atoms with E-state index >= 15 is 0 Å². The largest absolute Gasteiger partial charge is 0.508 e. The van der Waals surface area contributed by atoms with Crippen molar-refractivity contribution in [1.82, 2.24) is 0 Å². The molecule has 184 valence electrons. The molecule has 1 aliphatic heterocycles. The van der Waals surface area contributed by atoms with Crippen molar-refractivity contribution in [1.29, 1.82) is 0 Å². The number of rotatable bonds is 7. The van der Waals surface area contributed by atoms with Crippen LogP contribution in [0.25, 0.3) is 10.8 Å². The number of aliphatic hydroxyl groups is 3. The Kier molecular flexibility index (Phi) is 9.28. The summed E-state index contributed by atoms with van der Waals surface area (Å²) in [6.07, 6.45) is -8.01. The van der Waals surface area contributed by atoms with Crippen molar-refractivity contribution in [3.05, 3.63) is 36.4 Å². The Morgan fingerprint density at radius 1 is 1.15 bits per heavy atom. The van der Waals surface area contributed by atoms with Crippen molar-refractivity contribution in [2.24, 2.45) is 11.5 Å². The second-order valence-corrected chi connectivity index (χ2v) is 7.60. The molecule has 33 heavy (non-hydrogen) atoms. The summed E-state index contributed by atoms with van der Waals surface area (Å²) >= 11 is 0. The third-order valence-corrected chi connectivity index (χ3v) is 5.08. The van der Waals surface area contributed by atoms with E-state index in [1.165, 1.54) is 0 Å². The summed E-state index contributed by atoms with van der Waals surface area (Å²) in [4.78, 5) is 10.3. The highest BCUT2D eigenvalue weighted by molar-refractivity contribution is 5.85. The Balaban J connectivity index is 0.000000277. The van der Waals surface area contributed by atoms with Gasteiger partial charge in [0.1, 0.15) is 29.8 Å². The number of hydrogen-bond donors (Lipinski definition) is 7. The van der Waals surface area contributed by atoms with Gasteiger partial charge in [-0.05, 0) is 54.4 Å². The predicted octanol–water partition coefficient (Wildman–Crippen LogP) is 0.136. The number of ether oxygens (including phenoxy) is 2. The van der Waals surface area contributed by atoms with Crippen LogP contribution in [0.15, 0.2) is 36.4 Å². The predicted molar refractivity (Wildman–Crippen MR) is 113 cm³/mol. The summed E-state index contributed by atoms with van der Waals surface area (Å²) in [5.41, 5.74) is 7.56. The normalized spacial score (nSPS) is 24.6. The van der Waals surface area contributed by atoms with E-state index in [9.17, 15) is 34.0 Å². The van der Waals surface area contributed by atoms with E-state index in [2.05, 4.69) is 0 Å². The fourth-order valence-electron chi connectivity index (χ4n) is 3.01. The Bertz CT molecular complexity index is 934. The van der Waals surface area contributed by atoms with Gasteiger partial charge in [0.2, 0.25) is 6.29 Å². The highest BCUT2D eigenvalue weighted by atomic mass is 19.3. The molecule has 0 aliphatic carbocycles. The zero-order chi connectivity index (χ0) is 24.8. The van der Waals surface area contributed by atoms with Crippen molar-refractivity contribution < 1.29 is 48.6 Å². The first kappa shape index (κ1) is 26.6. The minimum Gasteiger partial charge on any atom is -0.508 e. The first-order valence-electron chi connectivity index (χ1n) is 10.1. The molecule has 0 aromatic heterocycles. The van der Waals surface area contributed by atoms with Gasteiger partial charge in [-0.1, -0.05) is 12.1 Å². The van der Waals surface area contributed by atoms with Crippen molar-refractivity contribution in [3.8, 4) is 11.5 Å². The highest BCUT2D eigenvalue weighted by Gasteiger charge is 2.43. The Hall–Kier alpha value is -2.61. The van der Waals surface area contributed by atoms with Gasteiger partial charge in [-0.25, -0.2) is 13.6 Å². The zero-order valence-electron chi connectivity index (χ0n) is 17.6. The van der Waals surface area contributed by atoms with E-state index in [1.54, 1.807) is 36.4 Å². The minimum atomic E-state index is -3.07. The molecule has 2 aromatic carbocycles. The maximum Gasteiger partial charge on any atom is 0.329 e. The van der Waals surface area contributed by atoms with Crippen LogP contribution in [0.3, 0.4) is 0 Å². The fourth-order valence-corrected chi connectivity index (χ4v) is 3.01. The SMILES string of the molecule is NCCCC(N)(C(=O)O)C(F)F.Oc1ccc2cc(O[C@@H]3OC[C@@H](O)[C@H](O)[C@H]3O)ccc2c1. The number of benzene rings is 2. The van der Waals surface area contributed by atoms with Crippen molar-refractivity contribution >= 4 is 16.7 Å². The molecule has 1 saturated heterocycles. The quantitative estimate of drug-likeness (QED) is 0.291. The molecule has 0 bridgehead atoms. The molecule has 0 amide bonds. The number of aromatic hydroxyl groups is 1. The Morgan fingerprint density at radius 3 is 2.39 bits per heavy atom. The monoisotopic (exact) mass is 474 g/mol. The molecule has 1 heterocycles. The number of alkyl halides is 2. The average Bonchev–Trinajstić information content (AvgIpc) is 2.78. The Morgan fingerprint density at radius 2 is 1.79 bits per heavy atom. The first-order chi connectivity index (χ1) is 15.5.